The Morgan fingerprint density at radius 1 is 1.35 bits per heavy atom. The lowest BCUT2D eigenvalue weighted by Crippen LogP contribution is -2.44. The van der Waals surface area contributed by atoms with Gasteiger partial charge in [-0.05, 0) is 29.9 Å². The van der Waals surface area contributed by atoms with Crippen molar-refractivity contribution in [3.8, 4) is 0 Å². The first-order valence-corrected chi connectivity index (χ1v) is 6.66. The number of nitrogens with two attached hydrogens (primary N) is 1. The minimum Gasteiger partial charge on any atom is -0.369 e. The standard InChI is InChI=1S/C15H24N2/c1-11(2)14(16)10-17-9-12(3)8-13-6-4-5-7-15(13)17/h4-7,11-12,14H,8-10,16H2,1-3H3. The van der Waals surface area contributed by atoms with Gasteiger partial charge in [0.1, 0.15) is 0 Å². The third-order valence-corrected chi connectivity index (χ3v) is 3.72. The van der Waals surface area contributed by atoms with Crippen molar-refractivity contribution < 1.29 is 0 Å². The molecule has 2 nitrogen and oxygen atoms in total. The molecule has 94 valence electrons. The zero-order chi connectivity index (χ0) is 12.4. The van der Waals surface area contributed by atoms with Crippen molar-refractivity contribution >= 4 is 5.69 Å². The fourth-order valence-corrected chi connectivity index (χ4v) is 2.54. The van der Waals surface area contributed by atoms with Gasteiger partial charge >= 0.3 is 0 Å². The highest BCUT2D eigenvalue weighted by Gasteiger charge is 2.23. The molecule has 17 heavy (non-hydrogen) atoms. The molecular weight excluding hydrogens is 208 g/mol. The highest BCUT2D eigenvalue weighted by atomic mass is 15.2. The fourth-order valence-electron chi connectivity index (χ4n) is 2.54. The van der Waals surface area contributed by atoms with E-state index < -0.39 is 0 Å². The summed E-state index contributed by atoms with van der Waals surface area (Å²) in [5.41, 5.74) is 9.07. The summed E-state index contributed by atoms with van der Waals surface area (Å²) in [5.74, 6) is 1.27. The van der Waals surface area contributed by atoms with Gasteiger partial charge in [-0.25, -0.2) is 0 Å². The van der Waals surface area contributed by atoms with Crippen LogP contribution in [0.3, 0.4) is 0 Å². The number of rotatable bonds is 3. The van der Waals surface area contributed by atoms with Crippen LogP contribution in [-0.2, 0) is 6.42 Å². The zero-order valence-corrected chi connectivity index (χ0v) is 11.2. The molecule has 2 unspecified atom stereocenters. The monoisotopic (exact) mass is 232 g/mol. The van der Waals surface area contributed by atoms with Gasteiger partial charge in [0.05, 0.1) is 0 Å². The van der Waals surface area contributed by atoms with Gasteiger partial charge in [0.2, 0.25) is 0 Å². The van der Waals surface area contributed by atoms with E-state index in [1.54, 1.807) is 0 Å². The Bertz CT molecular complexity index is 373. The van der Waals surface area contributed by atoms with Crippen molar-refractivity contribution in [2.45, 2.75) is 33.2 Å². The summed E-state index contributed by atoms with van der Waals surface area (Å²) < 4.78 is 0. The Labute approximate surface area is 105 Å². The second-order valence-electron chi connectivity index (χ2n) is 5.75. The first kappa shape index (κ1) is 12.4. The quantitative estimate of drug-likeness (QED) is 0.868. The van der Waals surface area contributed by atoms with Crippen LogP contribution in [0.5, 0.6) is 0 Å². The van der Waals surface area contributed by atoms with Crippen molar-refractivity contribution in [3.63, 3.8) is 0 Å². The highest BCUT2D eigenvalue weighted by molar-refractivity contribution is 5.55. The number of para-hydroxylation sites is 1. The summed E-state index contributed by atoms with van der Waals surface area (Å²) in [6.45, 7) is 8.83. The smallest absolute Gasteiger partial charge is 0.0399 e. The molecule has 2 rings (SSSR count). The molecule has 2 N–H and O–H groups in total. The topological polar surface area (TPSA) is 29.3 Å². The van der Waals surface area contributed by atoms with Gasteiger partial charge in [-0.15, -0.1) is 0 Å². The molecule has 0 saturated heterocycles. The minimum atomic E-state index is 0.258. The number of fused-ring (bicyclic) bond motifs is 1. The maximum atomic E-state index is 6.21. The Hall–Kier alpha value is -1.02. The molecule has 1 aromatic rings. The van der Waals surface area contributed by atoms with Crippen LogP contribution in [0.4, 0.5) is 5.69 Å². The largest absolute Gasteiger partial charge is 0.369 e. The summed E-state index contributed by atoms with van der Waals surface area (Å²) in [5, 5.41) is 0. The summed E-state index contributed by atoms with van der Waals surface area (Å²) in [7, 11) is 0. The third-order valence-electron chi connectivity index (χ3n) is 3.72. The van der Waals surface area contributed by atoms with Crippen LogP contribution in [0.2, 0.25) is 0 Å². The van der Waals surface area contributed by atoms with Gasteiger partial charge in [-0.3, -0.25) is 0 Å². The Morgan fingerprint density at radius 3 is 2.76 bits per heavy atom. The van der Waals surface area contributed by atoms with E-state index in [1.807, 2.05) is 0 Å². The number of hydrogen-bond donors (Lipinski definition) is 1. The molecule has 0 amide bonds. The number of benzene rings is 1. The van der Waals surface area contributed by atoms with Crippen molar-refractivity contribution in [2.75, 3.05) is 18.0 Å². The molecule has 0 saturated carbocycles. The van der Waals surface area contributed by atoms with E-state index in [4.69, 9.17) is 5.73 Å². The second kappa shape index (κ2) is 5.09. The summed E-state index contributed by atoms with van der Waals surface area (Å²) in [4.78, 5) is 2.47. The average Bonchev–Trinajstić information content (AvgIpc) is 2.28. The van der Waals surface area contributed by atoms with Gasteiger partial charge in [0.15, 0.2) is 0 Å². The molecule has 2 atom stereocenters. The first-order chi connectivity index (χ1) is 8.08. The molecule has 0 radical (unpaired) electrons. The van der Waals surface area contributed by atoms with Crippen LogP contribution in [-0.4, -0.2) is 19.1 Å². The van der Waals surface area contributed by atoms with Crippen molar-refractivity contribution in [2.24, 2.45) is 17.6 Å². The van der Waals surface area contributed by atoms with Crippen LogP contribution in [0, 0.1) is 11.8 Å². The lowest BCUT2D eigenvalue weighted by atomic mass is 9.93. The summed E-state index contributed by atoms with van der Waals surface area (Å²) >= 11 is 0. The lowest BCUT2D eigenvalue weighted by molar-refractivity contribution is 0.454. The van der Waals surface area contributed by atoms with Crippen molar-refractivity contribution in [3.05, 3.63) is 29.8 Å². The van der Waals surface area contributed by atoms with Crippen LogP contribution >= 0.6 is 0 Å². The zero-order valence-electron chi connectivity index (χ0n) is 11.2. The van der Waals surface area contributed by atoms with Crippen LogP contribution < -0.4 is 10.6 Å². The molecule has 2 heteroatoms. The molecule has 0 aromatic heterocycles. The Morgan fingerprint density at radius 2 is 2.06 bits per heavy atom. The number of anilines is 1. The SMILES string of the molecule is CC1Cc2ccccc2N(CC(N)C(C)C)C1. The molecule has 1 aliphatic heterocycles. The van der Waals surface area contributed by atoms with Gasteiger partial charge in [-0.2, -0.15) is 0 Å². The van der Waals surface area contributed by atoms with Gasteiger partial charge in [0, 0.05) is 24.8 Å². The molecule has 1 aliphatic rings. The molecule has 0 spiro atoms. The molecule has 0 bridgehead atoms. The second-order valence-corrected chi connectivity index (χ2v) is 5.75. The Kier molecular flexibility index (Phi) is 3.72. The van der Waals surface area contributed by atoms with Gasteiger partial charge in [-0.1, -0.05) is 39.0 Å². The molecule has 0 fully saturated rings. The van der Waals surface area contributed by atoms with Crippen molar-refractivity contribution in [1.82, 2.24) is 0 Å². The summed E-state index contributed by atoms with van der Waals surface area (Å²) in [6, 6.07) is 9.00. The first-order valence-electron chi connectivity index (χ1n) is 6.66. The van der Waals surface area contributed by atoms with Crippen LogP contribution in [0.25, 0.3) is 0 Å². The van der Waals surface area contributed by atoms with E-state index in [9.17, 15) is 0 Å². The average molecular weight is 232 g/mol. The minimum absolute atomic E-state index is 0.258. The van der Waals surface area contributed by atoms with E-state index in [-0.39, 0.29) is 6.04 Å². The molecule has 1 heterocycles. The predicted molar refractivity (Wildman–Crippen MR) is 74.3 cm³/mol. The Balaban J connectivity index is 2.18. The molecule has 1 aromatic carbocycles. The highest BCUT2D eigenvalue weighted by Crippen LogP contribution is 2.29. The van der Waals surface area contributed by atoms with E-state index >= 15 is 0 Å². The van der Waals surface area contributed by atoms with E-state index in [1.165, 1.54) is 17.7 Å². The maximum Gasteiger partial charge on any atom is 0.0399 e. The molecule has 0 aliphatic carbocycles. The van der Waals surface area contributed by atoms with Gasteiger partial charge in [0.25, 0.3) is 0 Å². The molecular formula is C15H24N2. The summed E-state index contributed by atoms with van der Waals surface area (Å²) in [6.07, 6.45) is 1.20. The number of hydrogen-bond acceptors (Lipinski definition) is 2. The fraction of sp³-hybridized carbons (Fsp3) is 0.600. The predicted octanol–water partition coefficient (Wildman–Crippen LogP) is 2.67. The third kappa shape index (κ3) is 2.81. The van der Waals surface area contributed by atoms with E-state index in [2.05, 4.69) is 49.9 Å². The van der Waals surface area contributed by atoms with E-state index in [0.717, 1.165) is 19.0 Å². The normalized spacial score (nSPS) is 21.5. The maximum absolute atomic E-state index is 6.21. The van der Waals surface area contributed by atoms with Crippen molar-refractivity contribution in [1.29, 1.82) is 0 Å². The lowest BCUT2D eigenvalue weighted by Gasteiger charge is -2.37. The van der Waals surface area contributed by atoms with Crippen LogP contribution in [0.1, 0.15) is 26.3 Å². The number of nitrogens with zero attached hydrogens (tertiary/aromatic N) is 1. The van der Waals surface area contributed by atoms with E-state index in [0.29, 0.717) is 5.92 Å². The van der Waals surface area contributed by atoms with Crippen LogP contribution in [0.15, 0.2) is 24.3 Å². The van der Waals surface area contributed by atoms with Gasteiger partial charge < -0.3 is 10.6 Å².